The summed E-state index contributed by atoms with van der Waals surface area (Å²) in [5.74, 6) is 1.03. The third-order valence-electron chi connectivity index (χ3n) is 3.86. The van der Waals surface area contributed by atoms with Gasteiger partial charge in [-0.2, -0.15) is 0 Å². The highest BCUT2D eigenvalue weighted by Crippen LogP contribution is 2.35. The molecule has 3 rings (SSSR count). The molecule has 0 radical (unpaired) electrons. The molecule has 17 heavy (non-hydrogen) atoms. The smallest absolute Gasteiger partial charge is 0.142 e. The molecule has 1 heterocycles. The molecule has 92 valence electrons. The average Bonchev–Trinajstić information content (AvgIpc) is 2.66. The highest BCUT2D eigenvalue weighted by Gasteiger charge is 2.29. The maximum Gasteiger partial charge on any atom is 0.142 e. The second-order valence-electron chi connectivity index (χ2n) is 5.09. The molecular weight excluding hydrogens is 212 g/mol. The lowest BCUT2D eigenvalue weighted by Gasteiger charge is -2.30. The first kappa shape index (κ1) is 10.9. The number of para-hydroxylation sites is 2. The predicted molar refractivity (Wildman–Crippen MR) is 69.5 cm³/mol. The summed E-state index contributed by atoms with van der Waals surface area (Å²) in [6.07, 6.45) is 4.59. The lowest BCUT2D eigenvalue weighted by Crippen LogP contribution is -2.35. The van der Waals surface area contributed by atoms with Crippen LogP contribution in [0.2, 0.25) is 0 Å². The van der Waals surface area contributed by atoms with Crippen LogP contribution in [0.25, 0.3) is 0 Å². The number of anilines is 1. The molecule has 2 N–H and O–H groups in total. The molecule has 1 aromatic rings. The number of rotatable bonds is 1. The summed E-state index contributed by atoms with van der Waals surface area (Å²) in [5.41, 5.74) is 7.29. The molecule has 0 amide bonds. The first-order chi connectivity index (χ1) is 8.34. The van der Waals surface area contributed by atoms with Crippen molar-refractivity contribution in [1.82, 2.24) is 0 Å². The van der Waals surface area contributed by atoms with Crippen molar-refractivity contribution < 1.29 is 4.74 Å². The van der Waals surface area contributed by atoms with E-state index < -0.39 is 0 Å². The predicted octanol–water partition coefficient (Wildman–Crippen LogP) is 2.16. The minimum atomic E-state index is 0.385. The molecular formula is C14H20N2O. The number of hydrogen-bond acceptors (Lipinski definition) is 3. The van der Waals surface area contributed by atoms with E-state index in [0.717, 1.165) is 38.2 Å². The Kier molecular flexibility index (Phi) is 2.93. The van der Waals surface area contributed by atoms with E-state index in [1.54, 1.807) is 0 Å². The molecule has 2 aliphatic rings. The highest BCUT2D eigenvalue weighted by molar-refractivity contribution is 5.59. The fraction of sp³-hybridized carbons (Fsp3) is 0.571. The van der Waals surface area contributed by atoms with Gasteiger partial charge in [-0.3, -0.25) is 0 Å². The van der Waals surface area contributed by atoms with Crippen LogP contribution < -0.4 is 15.4 Å². The molecule has 1 aliphatic carbocycles. The maximum absolute atomic E-state index is 6.03. The fourth-order valence-electron chi connectivity index (χ4n) is 3.01. The molecule has 1 aromatic carbocycles. The molecule has 2 unspecified atom stereocenters. The van der Waals surface area contributed by atoms with E-state index in [4.69, 9.17) is 10.5 Å². The van der Waals surface area contributed by atoms with Gasteiger partial charge in [0.05, 0.1) is 12.3 Å². The van der Waals surface area contributed by atoms with Crippen LogP contribution in [-0.2, 0) is 0 Å². The van der Waals surface area contributed by atoms with Gasteiger partial charge < -0.3 is 15.4 Å². The van der Waals surface area contributed by atoms with E-state index >= 15 is 0 Å². The molecule has 1 saturated carbocycles. The van der Waals surface area contributed by atoms with Crippen LogP contribution in [-0.4, -0.2) is 25.2 Å². The number of ether oxygens (including phenoxy) is 1. The molecule has 2 atom stereocenters. The summed E-state index contributed by atoms with van der Waals surface area (Å²) in [5, 5.41) is 0. The SMILES string of the molecule is NC1CCC(N2CCCOc3ccccc32)C1. The molecule has 0 spiro atoms. The van der Waals surface area contributed by atoms with Gasteiger partial charge in [0.2, 0.25) is 0 Å². The Hall–Kier alpha value is -1.22. The van der Waals surface area contributed by atoms with Gasteiger partial charge in [0, 0.05) is 18.6 Å². The quantitative estimate of drug-likeness (QED) is 0.806. The van der Waals surface area contributed by atoms with E-state index in [2.05, 4.69) is 23.1 Å². The lowest BCUT2D eigenvalue weighted by molar-refractivity contribution is 0.322. The second kappa shape index (κ2) is 4.57. The van der Waals surface area contributed by atoms with Crippen molar-refractivity contribution in [1.29, 1.82) is 0 Å². The van der Waals surface area contributed by atoms with Gasteiger partial charge in [0.1, 0.15) is 5.75 Å². The van der Waals surface area contributed by atoms with Gasteiger partial charge >= 0.3 is 0 Å². The van der Waals surface area contributed by atoms with Crippen molar-refractivity contribution in [3.05, 3.63) is 24.3 Å². The van der Waals surface area contributed by atoms with Gasteiger partial charge in [0.25, 0.3) is 0 Å². The van der Waals surface area contributed by atoms with Crippen LogP contribution in [0.3, 0.4) is 0 Å². The van der Waals surface area contributed by atoms with Crippen molar-refractivity contribution in [3.8, 4) is 5.75 Å². The van der Waals surface area contributed by atoms with Crippen LogP contribution in [0.5, 0.6) is 5.75 Å². The zero-order valence-electron chi connectivity index (χ0n) is 10.1. The van der Waals surface area contributed by atoms with Gasteiger partial charge in [-0.25, -0.2) is 0 Å². The highest BCUT2D eigenvalue weighted by atomic mass is 16.5. The Bertz CT molecular complexity index is 394. The Morgan fingerprint density at radius 1 is 1.24 bits per heavy atom. The summed E-state index contributed by atoms with van der Waals surface area (Å²) in [6.45, 7) is 1.92. The normalized spacial score (nSPS) is 28.4. The zero-order valence-corrected chi connectivity index (χ0v) is 10.1. The second-order valence-corrected chi connectivity index (χ2v) is 5.09. The third-order valence-corrected chi connectivity index (χ3v) is 3.86. The summed E-state index contributed by atoms with van der Waals surface area (Å²) in [7, 11) is 0. The van der Waals surface area contributed by atoms with Crippen molar-refractivity contribution in [3.63, 3.8) is 0 Å². The van der Waals surface area contributed by atoms with Crippen LogP contribution >= 0.6 is 0 Å². The van der Waals surface area contributed by atoms with Gasteiger partial charge in [0.15, 0.2) is 0 Å². The molecule has 0 aromatic heterocycles. The third kappa shape index (κ3) is 2.12. The minimum absolute atomic E-state index is 0.385. The van der Waals surface area contributed by atoms with E-state index in [9.17, 15) is 0 Å². The van der Waals surface area contributed by atoms with Crippen molar-refractivity contribution in [2.45, 2.75) is 37.8 Å². The number of fused-ring (bicyclic) bond motifs is 1. The first-order valence-corrected chi connectivity index (χ1v) is 6.58. The number of nitrogens with zero attached hydrogens (tertiary/aromatic N) is 1. The van der Waals surface area contributed by atoms with Crippen LogP contribution in [0.4, 0.5) is 5.69 Å². The Balaban J connectivity index is 1.89. The Morgan fingerprint density at radius 2 is 2.12 bits per heavy atom. The largest absolute Gasteiger partial charge is 0.491 e. The van der Waals surface area contributed by atoms with E-state index in [0.29, 0.717) is 12.1 Å². The van der Waals surface area contributed by atoms with Crippen LogP contribution in [0, 0.1) is 0 Å². The van der Waals surface area contributed by atoms with E-state index in [1.807, 2.05) is 6.07 Å². The lowest BCUT2D eigenvalue weighted by atomic mass is 10.1. The van der Waals surface area contributed by atoms with Gasteiger partial charge in [-0.1, -0.05) is 12.1 Å². The summed E-state index contributed by atoms with van der Waals surface area (Å²) >= 11 is 0. The first-order valence-electron chi connectivity index (χ1n) is 6.58. The van der Waals surface area contributed by atoms with E-state index in [1.165, 1.54) is 12.1 Å². The standard InChI is InChI=1S/C14H20N2O/c15-11-6-7-12(10-11)16-8-3-9-17-14-5-2-1-4-13(14)16/h1-2,4-5,11-12H,3,6-10,15H2. The maximum atomic E-state index is 6.03. The van der Waals surface area contributed by atoms with Crippen LogP contribution in [0.1, 0.15) is 25.7 Å². The topological polar surface area (TPSA) is 38.5 Å². The Morgan fingerprint density at radius 3 is 2.94 bits per heavy atom. The van der Waals surface area contributed by atoms with Crippen LogP contribution in [0.15, 0.2) is 24.3 Å². The van der Waals surface area contributed by atoms with Crippen molar-refractivity contribution >= 4 is 5.69 Å². The van der Waals surface area contributed by atoms with Gasteiger partial charge in [-0.05, 0) is 37.8 Å². The monoisotopic (exact) mass is 232 g/mol. The molecule has 3 nitrogen and oxygen atoms in total. The van der Waals surface area contributed by atoms with E-state index in [-0.39, 0.29) is 0 Å². The summed E-state index contributed by atoms with van der Waals surface area (Å²) in [4.78, 5) is 2.51. The minimum Gasteiger partial charge on any atom is -0.491 e. The Labute approximate surface area is 103 Å². The fourth-order valence-corrected chi connectivity index (χ4v) is 3.01. The summed E-state index contributed by atoms with van der Waals surface area (Å²) in [6, 6.07) is 9.37. The average molecular weight is 232 g/mol. The summed E-state index contributed by atoms with van der Waals surface area (Å²) < 4.78 is 5.79. The molecule has 1 aliphatic heterocycles. The number of nitrogens with two attached hydrogens (primary N) is 1. The molecule has 0 saturated heterocycles. The molecule has 3 heteroatoms. The molecule has 1 fully saturated rings. The zero-order chi connectivity index (χ0) is 11.7. The number of hydrogen-bond donors (Lipinski definition) is 1. The van der Waals surface area contributed by atoms with Gasteiger partial charge in [-0.15, -0.1) is 0 Å². The number of benzene rings is 1. The molecule has 0 bridgehead atoms. The van der Waals surface area contributed by atoms with Crippen molar-refractivity contribution in [2.75, 3.05) is 18.1 Å². The van der Waals surface area contributed by atoms with Crippen molar-refractivity contribution in [2.24, 2.45) is 5.73 Å².